The van der Waals surface area contributed by atoms with Crippen molar-refractivity contribution >= 4 is 17.7 Å². The van der Waals surface area contributed by atoms with Gasteiger partial charge in [0.1, 0.15) is 0 Å². The van der Waals surface area contributed by atoms with E-state index in [1.807, 2.05) is 93.3 Å². The molecule has 22 heteroatoms. The van der Waals surface area contributed by atoms with Crippen LogP contribution in [0.15, 0.2) is 0 Å². The van der Waals surface area contributed by atoms with Crippen LogP contribution in [0.4, 0.5) is 0 Å². The Hall–Kier alpha value is -2.23. The zero-order valence-electron chi connectivity index (χ0n) is 110. The number of β-amino-alcohol motifs (C(OH)–C–C–N with tert-alkyl or cyclic N) is 3. The second kappa shape index (κ2) is 62.3. The summed E-state index contributed by atoms with van der Waals surface area (Å²) in [6, 6.07) is 2.37. The van der Waals surface area contributed by atoms with Crippen molar-refractivity contribution in [2.45, 2.75) is 510 Å². The minimum Gasteiger partial charge on any atom is -0.390 e. The van der Waals surface area contributed by atoms with E-state index in [9.17, 15) is 45.0 Å². The molecule has 0 aromatic heterocycles. The normalized spacial score (nSPS) is 23.2. The first kappa shape index (κ1) is 148. The topological polar surface area (TPSA) is 215 Å². The largest absolute Gasteiger partial charge is 0.390 e. The highest BCUT2D eigenvalue weighted by Crippen LogP contribution is 2.52. The first-order valence-electron chi connectivity index (χ1n) is 60.5. The van der Waals surface area contributed by atoms with Crippen LogP contribution in [0.1, 0.15) is 452 Å². The molecule has 4 saturated carbocycles. The maximum atomic E-state index is 12.0. The minimum absolute atomic E-state index is 0.00999. The van der Waals surface area contributed by atoms with Gasteiger partial charge in [-0.2, -0.15) is 0 Å². The molecule has 3 amide bonds. The number of likely N-dealkylation sites (tertiary alicyclic amines) is 8. The van der Waals surface area contributed by atoms with Crippen molar-refractivity contribution in [2.75, 3.05) is 214 Å². The SMILES string of the molecule is CC(C)(C)CC1(O)CC2CCC1CC2.CC(C)(C)CCC1CC1.CC(C)N1CC(O)(CC(C)(C)C)C1.CC(C)N1CCC(O)(C(C)(C)C)CC1.CCCC(C)(C)C.CCN1CC(O)(CC(C)(C)C)C1.CCN1CCC(O)(C(C)(C)C)CC1.CN(C)C1CCN(C(=O)C(C)(C)C)C1.CN(C)C1CCN(C(=O)C(C)(C)C)CC1.CN(C)CCN(C)C(=O)C(C)(C)C.CN(C)CCN1CC(O)(CC(C)(C)C)C1.CN1CCC(C(C)(C)C)CC1. The van der Waals surface area contributed by atoms with E-state index in [4.69, 9.17) is 0 Å². The summed E-state index contributed by atoms with van der Waals surface area (Å²) in [5.74, 6) is 4.26. The van der Waals surface area contributed by atoms with Gasteiger partial charge in [-0.3, -0.25) is 29.1 Å². The molecule has 0 spiro atoms. The van der Waals surface area contributed by atoms with Crippen LogP contribution in [0.25, 0.3) is 0 Å². The summed E-state index contributed by atoms with van der Waals surface area (Å²) in [4.78, 5) is 64.3. The van der Waals surface area contributed by atoms with Crippen LogP contribution in [0.3, 0.4) is 0 Å². The quantitative estimate of drug-likeness (QED) is 0.0709. The number of piperidine rings is 4. The number of rotatable bonds is 19. The van der Waals surface area contributed by atoms with Gasteiger partial charge in [0, 0.05) is 165 Å². The monoisotopic (exact) mass is 2130 g/mol. The molecule has 12 rings (SSSR count). The van der Waals surface area contributed by atoms with Gasteiger partial charge in [0.05, 0.1) is 33.6 Å². The van der Waals surface area contributed by atoms with Crippen molar-refractivity contribution in [1.82, 2.24) is 63.7 Å². The Morgan fingerprint density at radius 3 is 1.01 bits per heavy atom. The number of fused-ring (bicyclic) bond motifs is 3. The molecule has 896 valence electrons. The molecule has 8 aliphatic heterocycles. The molecule has 2 atom stereocenters. The number of carbonyl (C=O) groups is 3. The van der Waals surface area contributed by atoms with E-state index in [1.165, 1.54) is 90.1 Å². The highest BCUT2D eigenvalue weighted by Gasteiger charge is 2.51. The highest BCUT2D eigenvalue weighted by atomic mass is 16.3. The Labute approximate surface area is 933 Å². The molecular weight excluding hydrogens is 1860 g/mol. The maximum Gasteiger partial charge on any atom is 0.228 e. The summed E-state index contributed by atoms with van der Waals surface area (Å²) in [6.45, 7) is 115. The fourth-order valence-corrected chi connectivity index (χ4v) is 23.1. The summed E-state index contributed by atoms with van der Waals surface area (Å²) in [5, 5.41) is 61.9. The first-order chi connectivity index (χ1) is 67.3. The summed E-state index contributed by atoms with van der Waals surface area (Å²) in [7, 11) is 20.7. The van der Waals surface area contributed by atoms with Crippen LogP contribution < -0.4 is 0 Å². The second-order valence-corrected chi connectivity index (χ2v) is 64.3. The summed E-state index contributed by atoms with van der Waals surface area (Å²) in [5.41, 5.74) is -0.534. The number of likely N-dealkylation sites (N-methyl/N-ethyl adjacent to an activating group) is 5. The van der Waals surface area contributed by atoms with Crippen molar-refractivity contribution < 1.29 is 45.0 Å². The fraction of sp³-hybridized carbons (Fsp3) is 0.977. The van der Waals surface area contributed by atoms with E-state index in [-0.39, 0.29) is 66.2 Å². The molecule has 4 aliphatic carbocycles. The van der Waals surface area contributed by atoms with Crippen LogP contribution in [-0.4, -0.2) is 384 Å². The third kappa shape index (κ3) is 61.6. The molecule has 150 heavy (non-hydrogen) atoms. The molecule has 0 radical (unpaired) electrons. The number of aliphatic hydroxyl groups is 6. The Morgan fingerprint density at radius 1 is 0.360 bits per heavy atom. The van der Waals surface area contributed by atoms with Gasteiger partial charge in [0.2, 0.25) is 17.7 Å². The van der Waals surface area contributed by atoms with E-state index < -0.39 is 28.0 Å². The summed E-state index contributed by atoms with van der Waals surface area (Å²) < 4.78 is 0. The van der Waals surface area contributed by atoms with Crippen LogP contribution in [0, 0.1) is 88.7 Å². The van der Waals surface area contributed by atoms with Crippen molar-refractivity contribution in [3.63, 3.8) is 0 Å². The first-order valence-corrected chi connectivity index (χ1v) is 60.5. The predicted octanol–water partition coefficient (Wildman–Crippen LogP) is 24.2. The van der Waals surface area contributed by atoms with Gasteiger partial charge in [-0.15, -0.1) is 0 Å². The number of nitrogens with zero attached hydrogens (tertiary/aromatic N) is 13. The van der Waals surface area contributed by atoms with Gasteiger partial charge >= 0.3 is 0 Å². The molecule has 12 aliphatic rings. The van der Waals surface area contributed by atoms with Crippen LogP contribution in [0.2, 0.25) is 0 Å². The highest BCUT2D eigenvalue weighted by molar-refractivity contribution is 5.82. The molecule has 8 saturated heterocycles. The van der Waals surface area contributed by atoms with Crippen LogP contribution in [-0.2, 0) is 14.4 Å². The van der Waals surface area contributed by atoms with Gasteiger partial charge in [-0.25, -0.2) is 0 Å². The van der Waals surface area contributed by atoms with Gasteiger partial charge in [-0.1, -0.05) is 289 Å². The van der Waals surface area contributed by atoms with E-state index in [0.29, 0.717) is 52.2 Å². The van der Waals surface area contributed by atoms with Crippen molar-refractivity contribution in [3.8, 4) is 0 Å². The zero-order valence-corrected chi connectivity index (χ0v) is 110. The molecule has 22 nitrogen and oxygen atoms in total. The number of amides is 3. The van der Waals surface area contributed by atoms with Gasteiger partial charge in [0.25, 0.3) is 0 Å². The lowest BCUT2D eigenvalue weighted by molar-refractivity contribution is -0.141. The van der Waals surface area contributed by atoms with Gasteiger partial charge < -0.3 is 79.6 Å². The Bertz CT molecular complexity index is 3600. The molecule has 6 N–H and O–H groups in total. The lowest BCUT2D eigenvalue weighted by atomic mass is 9.58. The fourth-order valence-electron chi connectivity index (χ4n) is 23.1. The van der Waals surface area contributed by atoms with E-state index >= 15 is 0 Å². The number of hydrogen-bond acceptors (Lipinski definition) is 19. The Balaban J connectivity index is 0.00000162. The molecule has 2 unspecified atom stereocenters. The lowest BCUT2D eigenvalue weighted by Gasteiger charge is -2.51. The van der Waals surface area contributed by atoms with E-state index in [2.05, 4.69) is 334 Å². The second-order valence-electron chi connectivity index (χ2n) is 64.3. The average Bonchev–Trinajstić information content (AvgIpc) is 0.785. The van der Waals surface area contributed by atoms with E-state index in [1.54, 1.807) is 4.90 Å². The summed E-state index contributed by atoms with van der Waals surface area (Å²) >= 11 is 0. The molecule has 2 bridgehead atoms. The summed E-state index contributed by atoms with van der Waals surface area (Å²) in [6.07, 6.45) is 28.4. The average molecular weight is 2130 g/mol. The Morgan fingerprint density at radius 2 is 0.720 bits per heavy atom. The van der Waals surface area contributed by atoms with Gasteiger partial charge in [-0.05, 0) is 325 Å². The predicted molar refractivity (Wildman–Crippen MR) is 648 cm³/mol. The van der Waals surface area contributed by atoms with E-state index in [0.717, 1.165) is 226 Å². The standard InChI is InChI=1S/C13H24O.C12H24N2O.C12H26N2O.C12H25NO.C11H22N2O.2C11H23NO.C10H22N2O.C10H21NO.C10H21N.C9H18.C7H16/c1-12(2,3)9-13(14)8-10-4-6-11(13)7-5-10;1-12(2,3)11(15)14-8-6-10(7-9-14)13(4)5;1-11(2,3)8-12(15)9-14(10-12)7-6-13(4)5;1-10(2)13-8-6-12(14,7-9-13)11(3,4)5;1-11(2,3)10(14)13-7-6-9(8-13)12(4)5;1-9(2)12-7-11(13,8-12)6-10(3,4)5;1-5-12-8-6-11(13,7-9-12)10(2,3)4;1-10(2,3)9(13)12(6)8-7-11(4)5;1-5-11-7-10(12,8-11)6-9(2,3)4;1-10(2,3)9-5-7-11(4)8-6-9;1-9(2,3)7-6-8-4-5-8;1-5-6-7(2,3)4/h10-11,14H,4-9H2,1-3H3;10H,6-9H2,1-5H3;15H,6-10H2,1-5H3;10,14H,6-9H2,1-5H3;9H,6-8H2,1-5H3;9,13H,6-8H2,1-5H3;13H,5-9H2,1-4H3;7-8H2,1-6H3;12H,5-8H2,1-4H3;9H,5-8H2,1-4H3;8H,4-7H2,1-3H3;5-6H2,1-4H3. The molecule has 0 aromatic rings. The molecular formula is C128H265N13O9. The number of carbonyl (C=O) groups excluding carboxylic acids is 3. The molecule has 0 aromatic carbocycles. The van der Waals surface area contributed by atoms with Crippen molar-refractivity contribution in [2.24, 2.45) is 88.7 Å². The van der Waals surface area contributed by atoms with Crippen LogP contribution in [0.5, 0.6) is 0 Å². The third-order valence-electron chi connectivity index (χ3n) is 32.8. The number of hydrogen-bond donors (Lipinski definition) is 6. The zero-order chi connectivity index (χ0) is 117. The molecule has 8 heterocycles. The maximum absolute atomic E-state index is 12.0. The smallest absolute Gasteiger partial charge is 0.228 e. The van der Waals surface area contributed by atoms with Gasteiger partial charge in [0.15, 0.2) is 0 Å². The van der Waals surface area contributed by atoms with Crippen molar-refractivity contribution in [3.05, 3.63) is 0 Å². The lowest BCUT2D eigenvalue weighted by Crippen LogP contribution is -2.64. The van der Waals surface area contributed by atoms with Crippen LogP contribution >= 0.6 is 0 Å². The third-order valence-corrected chi connectivity index (χ3v) is 32.8. The molecule has 12 fully saturated rings. The Kier molecular flexibility index (Phi) is 61.4. The van der Waals surface area contributed by atoms with Crippen molar-refractivity contribution in [1.29, 1.82) is 0 Å². The minimum atomic E-state index is -0.460.